The summed E-state index contributed by atoms with van der Waals surface area (Å²) in [5.41, 5.74) is 0.987. The molecule has 13 heteroatoms. The lowest BCUT2D eigenvalue weighted by atomic mass is 9.99. The number of nitrogens with one attached hydrogen (secondary N) is 1. The van der Waals surface area contributed by atoms with E-state index in [2.05, 4.69) is 15.1 Å². The van der Waals surface area contributed by atoms with Crippen molar-refractivity contribution in [3.8, 4) is 5.75 Å². The van der Waals surface area contributed by atoms with Crippen molar-refractivity contribution in [1.82, 2.24) is 14.7 Å². The van der Waals surface area contributed by atoms with E-state index in [0.717, 1.165) is 49.4 Å². The average Bonchev–Trinajstić information content (AvgIpc) is 2.93. The zero-order chi connectivity index (χ0) is 28.9. The van der Waals surface area contributed by atoms with Crippen molar-refractivity contribution in [3.05, 3.63) is 58.7 Å². The number of amides is 1. The molecule has 2 heterocycles. The molecule has 0 bridgehead atoms. The summed E-state index contributed by atoms with van der Waals surface area (Å²) in [6.07, 6.45) is -4.05. The molecule has 2 saturated heterocycles. The number of anilines is 1. The molecule has 2 aliphatic rings. The van der Waals surface area contributed by atoms with Crippen LogP contribution in [0, 0.1) is 6.92 Å². The highest BCUT2D eigenvalue weighted by Crippen LogP contribution is 2.33. The predicted octanol–water partition coefficient (Wildman–Crippen LogP) is 4.32. The summed E-state index contributed by atoms with van der Waals surface area (Å²) in [7, 11) is 3.19. The van der Waals surface area contributed by atoms with Gasteiger partial charge < -0.3 is 24.8 Å². The van der Waals surface area contributed by atoms with Gasteiger partial charge >= 0.3 is 6.18 Å². The molecule has 4 rings (SSSR count). The first-order valence-corrected chi connectivity index (χ1v) is 13.6. The molecular weight excluding hydrogens is 596 g/mol. The number of halogens is 5. The van der Waals surface area contributed by atoms with E-state index < -0.39 is 17.6 Å². The first kappa shape index (κ1) is 35.9. The fourth-order valence-corrected chi connectivity index (χ4v) is 5.40. The van der Waals surface area contributed by atoms with Crippen LogP contribution in [-0.4, -0.2) is 111 Å². The molecule has 0 aromatic heterocycles. The first-order valence-electron chi connectivity index (χ1n) is 13.6. The van der Waals surface area contributed by atoms with E-state index in [1.165, 1.54) is 13.1 Å². The highest BCUT2D eigenvalue weighted by atomic mass is 35.5. The minimum atomic E-state index is -4.57. The van der Waals surface area contributed by atoms with Crippen molar-refractivity contribution in [2.75, 3.05) is 78.5 Å². The number of rotatable bonds is 9. The van der Waals surface area contributed by atoms with Crippen molar-refractivity contribution < 1.29 is 32.5 Å². The maximum atomic E-state index is 13.7. The largest absolute Gasteiger partial charge is 0.508 e. The van der Waals surface area contributed by atoms with E-state index in [9.17, 15) is 23.1 Å². The monoisotopic (exact) mass is 636 g/mol. The molecule has 2 N–H and O–H groups in total. The summed E-state index contributed by atoms with van der Waals surface area (Å²) in [5.74, 6) is -0.253. The molecule has 42 heavy (non-hydrogen) atoms. The topological polar surface area (TPSA) is 77.5 Å². The van der Waals surface area contributed by atoms with Crippen LogP contribution in [0.25, 0.3) is 0 Å². The molecule has 2 aliphatic heterocycles. The van der Waals surface area contributed by atoms with Crippen LogP contribution < -0.4 is 5.32 Å². The first-order chi connectivity index (χ1) is 19.1. The molecule has 2 atom stereocenters. The van der Waals surface area contributed by atoms with Crippen molar-refractivity contribution in [1.29, 1.82) is 0 Å². The highest BCUT2D eigenvalue weighted by Gasteiger charge is 2.35. The highest BCUT2D eigenvalue weighted by molar-refractivity contribution is 5.95. The van der Waals surface area contributed by atoms with Crippen LogP contribution in [0.2, 0.25) is 0 Å². The van der Waals surface area contributed by atoms with E-state index >= 15 is 0 Å². The Balaban J connectivity index is 0.00000308. The maximum Gasteiger partial charge on any atom is 0.416 e. The third-order valence-electron chi connectivity index (χ3n) is 7.68. The zero-order valence-electron chi connectivity index (χ0n) is 24.2. The Hall–Kier alpha value is -2.28. The van der Waals surface area contributed by atoms with Crippen LogP contribution in [0.4, 0.5) is 18.9 Å². The minimum absolute atomic E-state index is 0. The van der Waals surface area contributed by atoms with Crippen LogP contribution in [-0.2, 0) is 22.1 Å². The smallest absolute Gasteiger partial charge is 0.416 e. The lowest BCUT2D eigenvalue weighted by Gasteiger charge is -2.43. The standard InChI is InChI=1S/C29H39F3N4O4.2ClH/c1-20-4-5-21(13-27(20)37)12-25-17-34(6-7-35-10-11-40-26(18-35)19-39-3)8-9-36(25)28(38)22-14-23(29(30,31)32)16-24(15-22)33-2;;/h4-5,13-16,25-26,33,37H,6-12,17-19H2,1-3H3;2*1H/t25-,26+;;/m1../s1. The molecule has 2 fully saturated rings. The van der Waals surface area contributed by atoms with Gasteiger partial charge in [-0.15, -0.1) is 24.8 Å². The van der Waals surface area contributed by atoms with Crippen molar-refractivity contribution in [3.63, 3.8) is 0 Å². The molecule has 0 radical (unpaired) electrons. The summed E-state index contributed by atoms with van der Waals surface area (Å²) in [4.78, 5) is 20.0. The van der Waals surface area contributed by atoms with Gasteiger partial charge in [-0.05, 0) is 48.7 Å². The van der Waals surface area contributed by atoms with Gasteiger partial charge in [0, 0.05) is 77.3 Å². The van der Waals surface area contributed by atoms with Gasteiger partial charge in [0.2, 0.25) is 0 Å². The summed E-state index contributed by atoms with van der Waals surface area (Å²) in [5, 5.41) is 13.0. The fourth-order valence-electron chi connectivity index (χ4n) is 5.40. The number of phenols is 1. The number of hydrogen-bond donors (Lipinski definition) is 2. The van der Waals surface area contributed by atoms with Gasteiger partial charge in [0.25, 0.3) is 5.91 Å². The summed E-state index contributed by atoms with van der Waals surface area (Å²) in [6.45, 7) is 7.87. The van der Waals surface area contributed by atoms with Crippen LogP contribution in [0.15, 0.2) is 36.4 Å². The normalized spacial score (nSPS) is 20.0. The number of carbonyl (C=O) groups is 1. The van der Waals surface area contributed by atoms with Gasteiger partial charge in [-0.25, -0.2) is 0 Å². The summed E-state index contributed by atoms with van der Waals surface area (Å²) < 4.78 is 51.7. The molecule has 2 aromatic rings. The molecule has 0 aliphatic carbocycles. The van der Waals surface area contributed by atoms with Gasteiger partial charge in [0.05, 0.1) is 24.9 Å². The van der Waals surface area contributed by atoms with Gasteiger partial charge in [-0.1, -0.05) is 12.1 Å². The van der Waals surface area contributed by atoms with E-state index in [0.29, 0.717) is 39.3 Å². The Bertz CT molecular complexity index is 1170. The number of aromatic hydroxyl groups is 1. The molecule has 0 saturated carbocycles. The molecule has 2 aromatic carbocycles. The number of hydrogen-bond acceptors (Lipinski definition) is 7. The number of phenolic OH excluding ortho intramolecular Hbond substituents is 1. The Morgan fingerprint density at radius 3 is 2.43 bits per heavy atom. The molecule has 236 valence electrons. The second kappa shape index (κ2) is 16.0. The van der Waals surface area contributed by atoms with Crippen LogP contribution in [0.1, 0.15) is 27.0 Å². The van der Waals surface area contributed by atoms with E-state index in [4.69, 9.17) is 9.47 Å². The number of piperazine rings is 1. The molecule has 0 spiro atoms. The summed E-state index contributed by atoms with van der Waals surface area (Å²) >= 11 is 0. The third kappa shape index (κ3) is 9.36. The second-order valence-electron chi connectivity index (χ2n) is 10.6. The second-order valence-corrected chi connectivity index (χ2v) is 10.6. The number of nitrogens with zero attached hydrogens (tertiary/aromatic N) is 3. The number of morpholine rings is 1. The van der Waals surface area contributed by atoms with Crippen molar-refractivity contribution >= 4 is 36.4 Å². The van der Waals surface area contributed by atoms with E-state index in [1.54, 1.807) is 18.1 Å². The lowest BCUT2D eigenvalue weighted by Crippen LogP contribution is -2.57. The number of benzene rings is 2. The lowest BCUT2D eigenvalue weighted by molar-refractivity contribution is -0.137. The van der Waals surface area contributed by atoms with Gasteiger partial charge in [0.1, 0.15) is 5.75 Å². The van der Waals surface area contributed by atoms with Gasteiger partial charge in [-0.3, -0.25) is 14.6 Å². The third-order valence-corrected chi connectivity index (χ3v) is 7.68. The zero-order valence-corrected chi connectivity index (χ0v) is 25.8. The Morgan fingerprint density at radius 2 is 1.79 bits per heavy atom. The number of aryl methyl sites for hydroxylation is 1. The quantitative estimate of drug-likeness (QED) is 0.425. The fraction of sp³-hybridized carbons (Fsp3) is 0.552. The van der Waals surface area contributed by atoms with E-state index in [1.807, 2.05) is 19.1 Å². The molecule has 1 amide bonds. The maximum absolute atomic E-state index is 13.7. The van der Waals surface area contributed by atoms with Crippen molar-refractivity contribution in [2.45, 2.75) is 31.7 Å². The molecule has 8 nitrogen and oxygen atoms in total. The van der Waals surface area contributed by atoms with Gasteiger partial charge in [0.15, 0.2) is 0 Å². The number of methoxy groups -OCH3 is 1. The van der Waals surface area contributed by atoms with Gasteiger partial charge in [-0.2, -0.15) is 13.2 Å². The predicted molar refractivity (Wildman–Crippen MR) is 161 cm³/mol. The van der Waals surface area contributed by atoms with E-state index in [-0.39, 0.29) is 54.0 Å². The summed E-state index contributed by atoms with van der Waals surface area (Å²) in [6, 6.07) is 8.57. The van der Waals surface area contributed by atoms with Crippen LogP contribution >= 0.6 is 24.8 Å². The Morgan fingerprint density at radius 1 is 1.07 bits per heavy atom. The SMILES string of the molecule is CNc1cc(C(=O)N2CCN(CCN3CCO[C@H](COC)C3)C[C@H]2Cc2ccc(C)c(O)c2)cc(C(F)(F)F)c1.Cl.Cl. The number of alkyl halides is 3. The minimum Gasteiger partial charge on any atom is -0.508 e. The molecular formula is C29H41Cl2F3N4O4. The average molecular weight is 638 g/mol. The Labute approximate surface area is 257 Å². The molecule has 0 unspecified atom stereocenters. The van der Waals surface area contributed by atoms with Crippen LogP contribution in [0.5, 0.6) is 5.75 Å². The number of ether oxygens (including phenoxy) is 2. The number of carbonyl (C=O) groups excluding carboxylic acids is 1. The van der Waals surface area contributed by atoms with Crippen LogP contribution in [0.3, 0.4) is 0 Å². The Kier molecular flexibility index (Phi) is 13.7. The van der Waals surface area contributed by atoms with Crippen molar-refractivity contribution in [2.24, 2.45) is 0 Å².